The lowest BCUT2D eigenvalue weighted by atomic mass is 10.2. The first kappa shape index (κ1) is 10.6. The van der Waals surface area contributed by atoms with E-state index in [0.717, 1.165) is 22.4 Å². The maximum atomic E-state index is 4.52. The largest absolute Gasteiger partial charge is 0.300 e. The van der Waals surface area contributed by atoms with Crippen molar-refractivity contribution in [2.24, 2.45) is 0 Å². The van der Waals surface area contributed by atoms with Gasteiger partial charge in [0.2, 0.25) is 0 Å². The molecule has 0 spiro atoms. The van der Waals surface area contributed by atoms with Gasteiger partial charge in [-0.15, -0.1) is 0 Å². The number of para-hydroxylation sites is 2. The van der Waals surface area contributed by atoms with Gasteiger partial charge in [-0.1, -0.05) is 36.4 Å². The van der Waals surface area contributed by atoms with E-state index in [1.807, 2.05) is 54.6 Å². The first-order valence-electron chi connectivity index (χ1n) is 5.85. The molecule has 0 unspecified atom stereocenters. The molecule has 0 bridgehead atoms. The van der Waals surface area contributed by atoms with Crippen LogP contribution in [0.1, 0.15) is 0 Å². The van der Waals surface area contributed by atoms with Crippen LogP contribution in [0.2, 0.25) is 0 Å². The van der Waals surface area contributed by atoms with E-state index in [1.165, 1.54) is 0 Å². The van der Waals surface area contributed by atoms with Crippen LogP contribution in [-0.2, 0) is 0 Å². The summed E-state index contributed by atoms with van der Waals surface area (Å²) in [6.45, 7) is 0. The molecular weight excluding hydrogens is 222 g/mol. The van der Waals surface area contributed by atoms with Crippen molar-refractivity contribution >= 4 is 22.4 Å². The number of hydrogen-bond acceptors (Lipinski definition) is 3. The first-order valence-corrected chi connectivity index (χ1v) is 5.85. The van der Waals surface area contributed by atoms with E-state index in [1.54, 1.807) is 0 Å². The van der Waals surface area contributed by atoms with Crippen LogP contribution in [0, 0.1) is 0 Å². The SMILES string of the molecule is c1ccc(NNc2ccc3ccccc3n2)cc1. The van der Waals surface area contributed by atoms with Crippen LogP contribution in [0.25, 0.3) is 10.9 Å². The highest BCUT2D eigenvalue weighted by molar-refractivity contribution is 5.80. The topological polar surface area (TPSA) is 37.0 Å². The van der Waals surface area contributed by atoms with Gasteiger partial charge < -0.3 is 0 Å². The number of benzene rings is 2. The van der Waals surface area contributed by atoms with Crippen LogP contribution in [0.15, 0.2) is 66.7 Å². The van der Waals surface area contributed by atoms with Crippen molar-refractivity contribution in [3.63, 3.8) is 0 Å². The Morgan fingerprint density at radius 3 is 2.33 bits per heavy atom. The van der Waals surface area contributed by atoms with Gasteiger partial charge in [-0.25, -0.2) is 4.98 Å². The molecule has 0 saturated heterocycles. The van der Waals surface area contributed by atoms with Gasteiger partial charge in [0.1, 0.15) is 5.82 Å². The summed E-state index contributed by atoms with van der Waals surface area (Å²) in [6.07, 6.45) is 0. The molecule has 0 aliphatic carbocycles. The van der Waals surface area contributed by atoms with Crippen molar-refractivity contribution in [2.45, 2.75) is 0 Å². The van der Waals surface area contributed by atoms with Crippen LogP contribution in [0.4, 0.5) is 11.5 Å². The van der Waals surface area contributed by atoms with Gasteiger partial charge in [0.25, 0.3) is 0 Å². The molecule has 0 amide bonds. The second-order valence-electron chi connectivity index (χ2n) is 4.01. The van der Waals surface area contributed by atoms with E-state index >= 15 is 0 Å². The van der Waals surface area contributed by atoms with Crippen LogP contribution in [0.3, 0.4) is 0 Å². The summed E-state index contributed by atoms with van der Waals surface area (Å²) >= 11 is 0. The van der Waals surface area contributed by atoms with Gasteiger partial charge in [0.15, 0.2) is 0 Å². The summed E-state index contributed by atoms with van der Waals surface area (Å²) in [7, 11) is 0. The summed E-state index contributed by atoms with van der Waals surface area (Å²) in [5.41, 5.74) is 8.20. The number of fused-ring (bicyclic) bond motifs is 1. The number of nitrogens with zero attached hydrogens (tertiary/aromatic N) is 1. The number of aromatic nitrogens is 1. The second-order valence-corrected chi connectivity index (χ2v) is 4.01. The average molecular weight is 235 g/mol. The third-order valence-electron chi connectivity index (χ3n) is 2.71. The van der Waals surface area contributed by atoms with Crippen molar-refractivity contribution in [1.82, 2.24) is 4.98 Å². The van der Waals surface area contributed by atoms with Crippen molar-refractivity contribution in [3.05, 3.63) is 66.7 Å². The maximum Gasteiger partial charge on any atom is 0.145 e. The van der Waals surface area contributed by atoms with Gasteiger partial charge in [0.05, 0.1) is 11.2 Å². The monoisotopic (exact) mass is 235 g/mol. The molecule has 3 rings (SSSR count). The summed E-state index contributed by atoms with van der Waals surface area (Å²) in [4.78, 5) is 4.52. The number of rotatable bonds is 3. The Kier molecular flexibility index (Phi) is 2.80. The Labute approximate surface area is 105 Å². The number of anilines is 2. The van der Waals surface area contributed by atoms with Crippen molar-refractivity contribution in [3.8, 4) is 0 Å². The van der Waals surface area contributed by atoms with Gasteiger partial charge in [-0.2, -0.15) is 0 Å². The van der Waals surface area contributed by atoms with Crippen molar-refractivity contribution in [1.29, 1.82) is 0 Å². The number of hydrazine groups is 1. The minimum absolute atomic E-state index is 0.803. The zero-order valence-electron chi connectivity index (χ0n) is 9.80. The Morgan fingerprint density at radius 1 is 0.667 bits per heavy atom. The zero-order chi connectivity index (χ0) is 12.2. The van der Waals surface area contributed by atoms with Gasteiger partial charge in [-0.05, 0) is 30.3 Å². The number of hydrogen-bond donors (Lipinski definition) is 2. The lowest BCUT2D eigenvalue weighted by Crippen LogP contribution is -2.09. The van der Waals surface area contributed by atoms with E-state index in [-0.39, 0.29) is 0 Å². The molecule has 3 nitrogen and oxygen atoms in total. The normalized spacial score (nSPS) is 10.2. The molecule has 0 atom stereocenters. The van der Waals surface area contributed by atoms with E-state index in [9.17, 15) is 0 Å². The average Bonchev–Trinajstić information content (AvgIpc) is 2.46. The second kappa shape index (κ2) is 4.75. The minimum atomic E-state index is 0.803. The molecule has 0 fully saturated rings. The molecular formula is C15H13N3. The molecule has 3 heteroatoms. The Morgan fingerprint density at radius 2 is 1.44 bits per heavy atom. The predicted octanol–water partition coefficient (Wildman–Crippen LogP) is 3.67. The van der Waals surface area contributed by atoms with Crippen molar-refractivity contribution < 1.29 is 0 Å². The Hall–Kier alpha value is -2.55. The molecule has 1 aromatic heterocycles. The minimum Gasteiger partial charge on any atom is -0.300 e. The van der Waals surface area contributed by atoms with E-state index in [4.69, 9.17) is 0 Å². The lowest BCUT2D eigenvalue weighted by Gasteiger charge is -2.09. The van der Waals surface area contributed by atoms with Crippen LogP contribution >= 0.6 is 0 Å². The summed E-state index contributed by atoms with van der Waals surface area (Å²) in [5.74, 6) is 0.803. The van der Waals surface area contributed by atoms with Gasteiger partial charge in [0, 0.05) is 5.39 Å². The molecule has 18 heavy (non-hydrogen) atoms. The molecule has 1 heterocycles. The van der Waals surface area contributed by atoms with E-state index in [2.05, 4.69) is 28.0 Å². The smallest absolute Gasteiger partial charge is 0.145 e. The molecule has 0 aliphatic heterocycles. The van der Waals surface area contributed by atoms with E-state index in [0.29, 0.717) is 0 Å². The molecule has 2 N–H and O–H groups in total. The number of nitrogens with one attached hydrogen (secondary N) is 2. The highest BCUT2D eigenvalue weighted by Gasteiger charge is 1.96. The molecule has 0 radical (unpaired) electrons. The standard InChI is InChI=1S/C15H13N3/c1-2-7-13(8-3-1)17-18-15-11-10-12-6-4-5-9-14(12)16-15/h1-11,17H,(H,16,18). The molecule has 2 aromatic carbocycles. The third-order valence-corrected chi connectivity index (χ3v) is 2.71. The summed E-state index contributed by atoms with van der Waals surface area (Å²) in [6, 6.07) is 22.0. The van der Waals surface area contributed by atoms with Crippen LogP contribution in [0.5, 0.6) is 0 Å². The quantitative estimate of drug-likeness (QED) is 0.680. The van der Waals surface area contributed by atoms with E-state index < -0.39 is 0 Å². The van der Waals surface area contributed by atoms with Crippen LogP contribution < -0.4 is 10.9 Å². The fourth-order valence-electron chi connectivity index (χ4n) is 1.79. The Bertz CT molecular complexity index is 650. The fraction of sp³-hybridized carbons (Fsp3) is 0. The van der Waals surface area contributed by atoms with Gasteiger partial charge >= 0.3 is 0 Å². The fourth-order valence-corrected chi connectivity index (χ4v) is 1.79. The van der Waals surface area contributed by atoms with Crippen molar-refractivity contribution in [2.75, 3.05) is 10.9 Å². The molecule has 0 saturated carbocycles. The maximum absolute atomic E-state index is 4.52. The highest BCUT2D eigenvalue weighted by atomic mass is 15.4. The molecule has 3 aromatic rings. The summed E-state index contributed by atoms with van der Waals surface area (Å²) < 4.78 is 0. The lowest BCUT2D eigenvalue weighted by molar-refractivity contribution is 1.31. The summed E-state index contributed by atoms with van der Waals surface area (Å²) in [5, 5.41) is 1.14. The Balaban J connectivity index is 1.79. The molecule has 88 valence electrons. The predicted molar refractivity (Wildman–Crippen MR) is 75.4 cm³/mol. The highest BCUT2D eigenvalue weighted by Crippen LogP contribution is 2.14. The number of pyridine rings is 1. The van der Waals surface area contributed by atoms with Gasteiger partial charge in [-0.3, -0.25) is 10.9 Å². The zero-order valence-corrected chi connectivity index (χ0v) is 9.80. The van der Waals surface area contributed by atoms with Crippen LogP contribution in [-0.4, -0.2) is 4.98 Å². The first-order chi connectivity index (χ1) is 8.92. The molecule has 0 aliphatic rings. The third kappa shape index (κ3) is 2.25.